The maximum atomic E-state index is 13.2. The average Bonchev–Trinajstić information content (AvgIpc) is 2.69. The van der Waals surface area contributed by atoms with Crippen LogP contribution in [-0.2, 0) is 11.3 Å². The van der Waals surface area contributed by atoms with Crippen LogP contribution in [-0.4, -0.2) is 29.8 Å². The lowest BCUT2D eigenvalue weighted by Crippen LogP contribution is -2.33. The van der Waals surface area contributed by atoms with E-state index in [1.807, 2.05) is 34.1 Å². The van der Waals surface area contributed by atoms with Crippen molar-refractivity contribution in [3.05, 3.63) is 63.6 Å². The van der Waals surface area contributed by atoms with E-state index in [1.165, 1.54) is 0 Å². The molecule has 0 fully saturated rings. The van der Waals surface area contributed by atoms with Crippen LogP contribution in [0.5, 0.6) is 0 Å². The summed E-state index contributed by atoms with van der Waals surface area (Å²) >= 11 is 12.2. The van der Waals surface area contributed by atoms with Crippen LogP contribution in [0.3, 0.4) is 0 Å². The van der Waals surface area contributed by atoms with E-state index in [0.717, 1.165) is 36.9 Å². The molecule has 2 amide bonds. The average molecular weight is 419 g/mol. The minimum Gasteiger partial charge on any atom is -0.334 e. The van der Waals surface area contributed by atoms with Crippen molar-refractivity contribution < 1.29 is 9.59 Å². The molecule has 0 spiro atoms. The van der Waals surface area contributed by atoms with Crippen LogP contribution in [0.15, 0.2) is 42.5 Å². The van der Waals surface area contributed by atoms with E-state index in [9.17, 15) is 9.59 Å². The van der Waals surface area contributed by atoms with Crippen LogP contribution < -0.4 is 4.90 Å². The maximum Gasteiger partial charge on any atom is 0.254 e. The van der Waals surface area contributed by atoms with E-state index >= 15 is 0 Å². The number of amides is 2. The van der Waals surface area contributed by atoms with E-state index in [1.54, 1.807) is 25.1 Å². The maximum absolute atomic E-state index is 13.2. The number of carbonyl (C=O) groups excluding carboxylic acids is 2. The van der Waals surface area contributed by atoms with Gasteiger partial charge < -0.3 is 9.80 Å². The normalized spacial score (nSPS) is 15.5. The Labute approximate surface area is 176 Å². The molecule has 1 aliphatic rings. The molecule has 6 heteroatoms. The number of benzene rings is 2. The van der Waals surface area contributed by atoms with Crippen LogP contribution in [0.25, 0.3) is 0 Å². The fourth-order valence-electron chi connectivity index (χ4n) is 3.60. The summed E-state index contributed by atoms with van der Waals surface area (Å²) in [5.41, 5.74) is 2.31. The lowest BCUT2D eigenvalue weighted by Gasteiger charge is -2.27. The highest BCUT2D eigenvalue weighted by atomic mass is 35.5. The molecule has 2 aromatic rings. The fourth-order valence-corrected chi connectivity index (χ4v) is 4.13. The molecule has 4 nitrogen and oxygen atoms in total. The zero-order valence-corrected chi connectivity index (χ0v) is 17.5. The van der Waals surface area contributed by atoms with Gasteiger partial charge in [0.15, 0.2) is 0 Å². The Morgan fingerprint density at radius 3 is 2.21 bits per heavy atom. The molecule has 2 aromatic carbocycles. The molecule has 0 bridgehead atoms. The summed E-state index contributed by atoms with van der Waals surface area (Å²) in [5, 5.41) is 0.883. The van der Waals surface area contributed by atoms with Crippen molar-refractivity contribution in [2.75, 3.05) is 18.0 Å². The highest BCUT2D eigenvalue weighted by Gasteiger charge is 2.21. The number of carbonyl (C=O) groups is 2. The minimum atomic E-state index is -0.104. The Bertz CT molecular complexity index is 849. The molecule has 0 unspecified atom stereocenters. The number of para-hydroxylation sites is 1. The first-order chi connectivity index (χ1) is 13.5. The Morgan fingerprint density at radius 2 is 1.54 bits per heavy atom. The standard InChI is InChI=1S/C22H24Cl2N2O2/c1-16(27)26-11-7-3-2-6-10-25(15-17-8-4-5-9-21(17)26)22(28)18-12-19(23)14-20(24)13-18/h4-5,8-9,12-14H,2-3,6-7,10-11,15H2,1H3. The van der Waals surface area contributed by atoms with E-state index in [-0.39, 0.29) is 11.8 Å². The summed E-state index contributed by atoms with van der Waals surface area (Å²) in [7, 11) is 0. The summed E-state index contributed by atoms with van der Waals surface area (Å²) in [6, 6.07) is 12.7. The van der Waals surface area contributed by atoms with Crippen molar-refractivity contribution in [3.63, 3.8) is 0 Å². The molecular formula is C22H24Cl2N2O2. The highest BCUT2D eigenvalue weighted by Crippen LogP contribution is 2.26. The molecule has 28 heavy (non-hydrogen) atoms. The number of fused-ring (bicyclic) bond motifs is 1. The van der Waals surface area contributed by atoms with Crippen molar-refractivity contribution in [1.82, 2.24) is 4.90 Å². The molecular weight excluding hydrogens is 395 g/mol. The Morgan fingerprint density at radius 1 is 0.893 bits per heavy atom. The zero-order valence-electron chi connectivity index (χ0n) is 16.0. The summed E-state index contributed by atoms with van der Waals surface area (Å²) in [4.78, 5) is 29.1. The summed E-state index contributed by atoms with van der Waals surface area (Å²) in [6.45, 7) is 3.37. The molecule has 148 valence electrons. The van der Waals surface area contributed by atoms with Crippen molar-refractivity contribution in [2.24, 2.45) is 0 Å². The predicted molar refractivity (Wildman–Crippen MR) is 114 cm³/mol. The van der Waals surface area contributed by atoms with Gasteiger partial charge in [-0.1, -0.05) is 54.2 Å². The lowest BCUT2D eigenvalue weighted by molar-refractivity contribution is -0.116. The third kappa shape index (κ3) is 5.06. The third-order valence-electron chi connectivity index (χ3n) is 4.98. The van der Waals surface area contributed by atoms with Crippen molar-refractivity contribution in [2.45, 2.75) is 39.2 Å². The first-order valence-corrected chi connectivity index (χ1v) is 10.3. The van der Waals surface area contributed by atoms with Gasteiger partial charge in [-0.25, -0.2) is 0 Å². The van der Waals surface area contributed by atoms with Crippen LogP contribution in [0.4, 0.5) is 5.69 Å². The number of anilines is 1. The summed E-state index contributed by atoms with van der Waals surface area (Å²) < 4.78 is 0. The Hall–Kier alpha value is -2.04. The topological polar surface area (TPSA) is 40.6 Å². The fraction of sp³-hybridized carbons (Fsp3) is 0.364. The second-order valence-corrected chi connectivity index (χ2v) is 7.97. The molecule has 1 aliphatic heterocycles. The highest BCUT2D eigenvalue weighted by molar-refractivity contribution is 6.35. The van der Waals surface area contributed by atoms with Crippen molar-refractivity contribution in [1.29, 1.82) is 0 Å². The Kier molecular flexibility index (Phi) is 6.97. The van der Waals surface area contributed by atoms with E-state index in [2.05, 4.69) is 0 Å². The number of hydrogen-bond acceptors (Lipinski definition) is 2. The second-order valence-electron chi connectivity index (χ2n) is 7.10. The lowest BCUT2D eigenvalue weighted by atomic mass is 10.1. The predicted octanol–water partition coefficient (Wildman–Crippen LogP) is 5.56. The smallest absolute Gasteiger partial charge is 0.254 e. The number of halogens is 2. The number of hydrogen-bond donors (Lipinski definition) is 0. The van der Waals surface area contributed by atoms with Crippen LogP contribution in [0.1, 0.15) is 48.5 Å². The molecule has 0 saturated heterocycles. The zero-order chi connectivity index (χ0) is 20.1. The van der Waals surface area contributed by atoms with Gasteiger partial charge in [0.1, 0.15) is 0 Å². The van der Waals surface area contributed by atoms with Crippen LogP contribution in [0, 0.1) is 0 Å². The SMILES string of the molecule is CC(=O)N1CCCCCCN(C(=O)c2cc(Cl)cc(Cl)c2)Cc2ccccc21. The molecule has 0 aromatic heterocycles. The third-order valence-corrected chi connectivity index (χ3v) is 5.42. The van der Waals surface area contributed by atoms with E-state index in [0.29, 0.717) is 35.2 Å². The number of rotatable bonds is 1. The van der Waals surface area contributed by atoms with Crippen LogP contribution >= 0.6 is 23.2 Å². The van der Waals surface area contributed by atoms with Crippen LogP contribution in [0.2, 0.25) is 10.0 Å². The molecule has 0 atom stereocenters. The number of nitrogens with zero attached hydrogens (tertiary/aromatic N) is 2. The quantitative estimate of drug-likeness (QED) is 0.607. The van der Waals surface area contributed by atoms with Crippen molar-refractivity contribution in [3.8, 4) is 0 Å². The van der Waals surface area contributed by atoms with Gasteiger partial charge in [-0.05, 0) is 42.7 Å². The van der Waals surface area contributed by atoms with Crippen molar-refractivity contribution >= 4 is 40.7 Å². The van der Waals surface area contributed by atoms with E-state index < -0.39 is 0 Å². The molecule has 1 heterocycles. The monoisotopic (exact) mass is 418 g/mol. The van der Waals surface area contributed by atoms with Gasteiger partial charge in [-0.3, -0.25) is 9.59 Å². The van der Waals surface area contributed by atoms with Gasteiger partial charge in [0.2, 0.25) is 5.91 Å². The summed E-state index contributed by atoms with van der Waals surface area (Å²) in [6.07, 6.45) is 3.91. The first kappa shape index (κ1) is 20.7. The van der Waals surface area contributed by atoms with Gasteiger partial charge in [-0.15, -0.1) is 0 Å². The molecule has 3 rings (SSSR count). The first-order valence-electron chi connectivity index (χ1n) is 9.57. The Balaban J connectivity index is 1.96. The van der Waals surface area contributed by atoms with Gasteiger partial charge in [0, 0.05) is 47.9 Å². The van der Waals surface area contributed by atoms with Gasteiger partial charge in [0.05, 0.1) is 0 Å². The second kappa shape index (κ2) is 9.44. The molecule has 0 N–H and O–H groups in total. The van der Waals surface area contributed by atoms with Gasteiger partial charge >= 0.3 is 0 Å². The largest absolute Gasteiger partial charge is 0.334 e. The molecule has 0 saturated carbocycles. The summed E-state index contributed by atoms with van der Waals surface area (Å²) in [5.74, 6) is -0.0842. The molecule has 0 aliphatic carbocycles. The van der Waals surface area contributed by atoms with Gasteiger partial charge in [0.25, 0.3) is 5.91 Å². The van der Waals surface area contributed by atoms with Gasteiger partial charge in [-0.2, -0.15) is 0 Å². The molecule has 0 radical (unpaired) electrons. The minimum absolute atomic E-state index is 0.0196. The van der Waals surface area contributed by atoms with E-state index in [4.69, 9.17) is 23.2 Å².